The Bertz CT molecular complexity index is 1040. The number of hydrogen-bond acceptors (Lipinski definition) is 4. The maximum Gasteiger partial charge on any atom is 0.264 e. The molecule has 0 bridgehead atoms. The van der Waals surface area contributed by atoms with Crippen molar-refractivity contribution in [1.82, 2.24) is 9.80 Å². The fraction of sp³-hybridized carbons (Fsp3) is 0.320. The van der Waals surface area contributed by atoms with E-state index >= 15 is 0 Å². The third-order valence-electron chi connectivity index (χ3n) is 5.61. The van der Waals surface area contributed by atoms with E-state index in [1.54, 1.807) is 0 Å². The molecule has 3 aromatic rings. The molecule has 1 aromatic heterocycles. The smallest absolute Gasteiger partial charge is 0.264 e. The van der Waals surface area contributed by atoms with Gasteiger partial charge >= 0.3 is 0 Å². The van der Waals surface area contributed by atoms with E-state index in [4.69, 9.17) is 4.74 Å². The van der Waals surface area contributed by atoms with Crippen molar-refractivity contribution in [3.63, 3.8) is 0 Å². The molecular weight excluding hydrogens is 472 g/mol. The van der Waals surface area contributed by atoms with Crippen LogP contribution in [-0.2, 0) is 13.2 Å². The summed E-state index contributed by atoms with van der Waals surface area (Å²) in [4.78, 5) is 18.1. The van der Waals surface area contributed by atoms with E-state index in [0.29, 0.717) is 6.61 Å². The van der Waals surface area contributed by atoms with E-state index in [-0.39, 0.29) is 5.91 Å². The van der Waals surface area contributed by atoms with Crippen LogP contribution in [0.25, 0.3) is 0 Å². The second-order valence-corrected chi connectivity index (χ2v) is 9.85. The highest BCUT2D eigenvalue weighted by Gasteiger charge is 2.23. The number of aryl methyl sites for hydroxylation is 2. The van der Waals surface area contributed by atoms with Gasteiger partial charge < -0.3 is 9.64 Å². The van der Waals surface area contributed by atoms with Crippen LogP contribution in [-0.4, -0.2) is 41.9 Å². The van der Waals surface area contributed by atoms with Crippen molar-refractivity contribution in [3.05, 3.63) is 85.5 Å². The summed E-state index contributed by atoms with van der Waals surface area (Å²) in [5.74, 6) is 1.06. The van der Waals surface area contributed by atoms with Gasteiger partial charge in [-0.25, -0.2) is 0 Å². The van der Waals surface area contributed by atoms with Gasteiger partial charge in [0.1, 0.15) is 12.4 Å². The number of halogens is 1. The van der Waals surface area contributed by atoms with Gasteiger partial charge in [-0.2, -0.15) is 0 Å². The Morgan fingerprint density at radius 3 is 2.42 bits per heavy atom. The minimum Gasteiger partial charge on any atom is -0.488 e. The number of nitrogens with zero attached hydrogens (tertiary/aromatic N) is 2. The first-order valence-electron chi connectivity index (χ1n) is 10.5. The summed E-state index contributed by atoms with van der Waals surface area (Å²) >= 11 is 5.05. The molecule has 0 N–H and O–H groups in total. The number of para-hydroxylation sites is 1. The summed E-state index contributed by atoms with van der Waals surface area (Å²) in [7, 11) is 0. The van der Waals surface area contributed by atoms with Crippen molar-refractivity contribution in [2.24, 2.45) is 0 Å². The van der Waals surface area contributed by atoms with Crippen molar-refractivity contribution in [2.45, 2.75) is 27.0 Å². The number of carbonyl (C=O) groups is 1. The van der Waals surface area contributed by atoms with E-state index in [1.807, 2.05) is 28.5 Å². The van der Waals surface area contributed by atoms with Crippen LogP contribution >= 0.6 is 27.3 Å². The lowest BCUT2D eigenvalue weighted by molar-refractivity contribution is 0.0633. The minimum absolute atomic E-state index is 0.130. The molecule has 1 aliphatic heterocycles. The molecule has 1 amide bonds. The van der Waals surface area contributed by atoms with Crippen molar-refractivity contribution in [2.75, 3.05) is 26.2 Å². The molecule has 0 unspecified atom stereocenters. The molecule has 6 heteroatoms. The number of ether oxygens (including phenoxy) is 1. The number of piperazine rings is 1. The minimum atomic E-state index is 0.130. The van der Waals surface area contributed by atoms with E-state index in [1.165, 1.54) is 16.9 Å². The molecule has 4 nitrogen and oxygen atoms in total. The Labute approximate surface area is 196 Å². The summed E-state index contributed by atoms with van der Waals surface area (Å²) in [5.41, 5.74) is 4.60. The Hall–Kier alpha value is -2.15. The molecular formula is C25H27BrN2O2S. The number of carbonyl (C=O) groups excluding carboxylic acids is 1. The Kier molecular flexibility index (Phi) is 7.10. The monoisotopic (exact) mass is 498 g/mol. The topological polar surface area (TPSA) is 32.8 Å². The number of rotatable bonds is 6. The maximum absolute atomic E-state index is 13.0. The zero-order chi connectivity index (χ0) is 21.8. The van der Waals surface area contributed by atoms with Gasteiger partial charge in [0.2, 0.25) is 0 Å². The molecule has 1 saturated heterocycles. The van der Waals surface area contributed by atoms with Gasteiger partial charge in [0.05, 0.1) is 4.88 Å². The molecule has 162 valence electrons. The van der Waals surface area contributed by atoms with Gasteiger partial charge in [0.15, 0.2) is 0 Å². The van der Waals surface area contributed by atoms with Gasteiger partial charge in [0.25, 0.3) is 5.91 Å². The molecule has 0 spiro atoms. The fourth-order valence-corrected chi connectivity index (χ4v) is 5.21. The lowest BCUT2D eigenvalue weighted by Gasteiger charge is -2.34. The Morgan fingerprint density at radius 1 is 1.00 bits per heavy atom. The highest BCUT2D eigenvalue weighted by atomic mass is 79.9. The third kappa shape index (κ3) is 5.56. The Balaban J connectivity index is 1.30. The second-order valence-electron chi connectivity index (χ2n) is 8.03. The van der Waals surface area contributed by atoms with E-state index in [0.717, 1.165) is 64.5 Å². The average molecular weight is 499 g/mol. The van der Waals surface area contributed by atoms with Gasteiger partial charge in [-0.05, 0) is 54.1 Å². The zero-order valence-electron chi connectivity index (χ0n) is 17.9. The molecule has 31 heavy (non-hydrogen) atoms. The standard InChI is InChI=1S/C25H27BrN2O2S/c1-18-5-3-6-19(2)24(18)30-16-21-14-23(31-17-21)25(29)28-11-9-27(10-12-28)15-20-7-4-8-22(26)13-20/h3-8,13-14,17H,9-12,15-16H2,1-2H3. The fourth-order valence-electron chi connectivity index (χ4n) is 3.90. The molecule has 0 radical (unpaired) electrons. The van der Waals surface area contributed by atoms with Crippen LogP contribution in [0.15, 0.2) is 58.4 Å². The van der Waals surface area contributed by atoms with E-state index in [9.17, 15) is 4.79 Å². The number of amides is 1. The molecule has 2 heterocycles. The predicted octanol–water partition coefficient (Wildman–Crippen LogP) is 5.66. The molecule has 0 atom stereocenters. The predicted molar refractivity (Wildman–Crippen MR) is 130 cm³/mol. The zero-order valence-corrected chi connectivity index (χ0v) is 20.3. The molecule has 1 aliphatic rings. The van der Waals surface area contributed by atoms with Crippen molar-refractivity contribution < 1.29 is 9.53 Å². The average Bonchev–Trinajstić information content (AvgIpc) is 3.22. The van der Waals surface area contributed by atoms with Gasteiger partial charge in [-0.3, -0.25) is 9.69 Å². The normalized spacial score (nSPS) is 14.6. The van der Waals surface area contributed by atoms with Crippen molar-refractivity contribution >= 4 is 33.2 Å². The van der Waals surface area contributed by atoms with E-state index < -0.39 is 0 Å². The lowest BCUT2D eigenvalue weighted by atomic mass is 10.1. The first-order valence-corrected chi connectivity index (χ1v) is 12.2. The van der Waals surface area contributed by atoms with Crippen LogP contribution in [0.2, 0.25) is 0 Å². The second kappa shape index (κ2) is 9.98. The summed E-state index contributed by atoms with van der Waals surface area (Å²) in [6, 6.07) is 16.6. The van der Waals surface area contributed by atoms with Gasteiger partial charge in [-0.1, -0.05) is 46.3 Å². The molecule has 2 aromatic carbocycles. The number of hydrogen-bond donors (Lipinski definition) is 0. The number of benzene rings is 2. The first-order chi connectivity index (χ1) is 15.0. The summed E-state index contributed by atoms with van der Waals surface area (Å²) in [6.45, 7) is 8.83. The highest BCUT2D eigenvalue weighted by Crippen LogP contribution is 2.25. The van der Waals surface area contributed by atoms with Crippen LogP contribution in [0.3, 0.4) is 0 Å². The first kappa shape index (κ1) is 22.1. The number of thiophene rings is 1. The van der Waals surface area contributed by atoms with Gasteiger partial charge in [0, 0.05) is 42.8 Å². The van der Waals surface area contributed by atoms with E-state index in [2.05, 4.69) is 65.0 Å². The largest absolute Gasteiger partial charge is 0.488 e. The summed E-state index contributed by atoms with van der Waals surface area (Å²) in [6.07, 6.45) is 0. The van der Waals surface area contributed by atoms with Crippen molar-refractivity contribution in [3.8, 4) is 5.75 Å². The lowest BCUT2D eigenvalue weighted by Crippen LogP contribution is -2.48. The van der Waals surface area contributed by atoms with Crippen molar-refractivity contribution in [1.29, 1.82) is 0 Å². The van der Waals surface area contributed by atoms with Crippen LogP contribution in [0.5, 0.6) is 5.75 Å². The summed E-state index contributed by atoms with van der Waals surface area (Å²) in [5, 5.41) is 2.03. The Morgan fingerprint density at radius 2 is 1.71 bits per heavy atom. The SMILES string of the molecule is Cc1cccc(C)c1OCc1csc(C(=O)N2CCN(Cc3cccc(Br)c3)CC2)c1. The van der Waals surface area contributed by atoms with Crippen LogP contribution in [0.4, 0.5) is 0 Å². The quantitative estimate of drug-likeness (QED) is 0.439. The highest BCUT2D eigenvalue weighted by molar-refractivity contribution is 9.10. The van der Waals surface area contributed by atoms with Crippen LogP contribution in [0.1, 0.15) is 31.9 Å². The molecule has 0 aliphatic carbocycles. The maximum atomic E-state index is 13.0. The molecule has 1 fully saturated rings. The summed E-state index contributed by atoms with van der Waals surface area (Å²) < 4.78 is 7.15. The third-order valence-corrected chi connectivity index (χ3v) is 7.07. The van der Waals surface area contributed by atoms with Crippen LogP contribution < -0.4 is 4.74 Å². The van der Waals surface area contributed by atoms with Gasteiger partial charge in [-0.15, -0.1) is 11.3 Å². The van der Waals surface area contributed by atoms with Crippen LogP contribution in [0, 0.1) is 13.8 Å². The molecule has 4 rings (SSSR count). The molecule has 0 saturated carbocycles.